The van der Waals surface area contributed by atoms with E-state index in [9.17, 15) is 0 Å². The lowest BCUT2D eigenvalue weighted by Crippen LogP contribution is -2.54. The summed E-state index contributed by atoms with van der Waals surface area (Å²) in [5.41, 5.74) is 9.38. The molecule has 1 aliphatic carbocycles. The summed E-state index contributed by atoms with van der Waals surface area (Å²) in [4.78, 5) is 2.35. The Labute approximate surface area is 104 Å². The minimum atomic E-state index is 0.346. The summed E-state index contributed by atoms with van der Waals surface area (Å²) in [7, 11) is 4.34. The quantitative estimate of drug-likeness (QED) is 0.785. The van der Waals surface area contributed by atoms with E-state index >= 15 is 0 Å². The Morgan fingerprint density at radius 2 is 2.00 bits per heavy atom. The zero-order valence-electron chi connectivity index (χ0n) is 11.1. The topological polar surface area (TPSA) is 41.3 Å². The molecule has 0 radical (unpaired) electrons. The van der Waals surface area contributed by atoms with Gasteiger partial charge in [0.15, 0.2) is 0 Å². The molecule has 1 saturated carbocycles. The van der Waals surface area contributed by atoms with Crippen molar-refractivity contribution in [1.82, 2.24) is 4.90 Å². The fourth-order valence-corrected chi connectivity index (χ4v) is 2.55. The van der Waals surface area contributed by atoms with Crippen LogP contribution >= 0.6 is 0 Å². The van der Waals surface area contributed by atoms with Crippen molar-refractivity contribution in [3.05, 3.63) is 23.8 Å². The number of anilines is 2. The van der Waals surface area contributed by atoms with Crippen LogP contribution < -0.4 is 11.1 Å². The van der Waals surface area contributed by atoms with E-state index in [-0.39, 0.29) is 0 Å². The fourth-order valence-electron chi connectivity index (χ4n) is 2.55. The molecule has 1 aliphatic rings. The van der Waals surface area contributed by atoms with E-state index in [2.05, 4.69) is 37.3 Å². The maximum absolute atomic E-state index is 5.85. The van der Waals surface area contributed by atoms with Crippen LogP contribution in [0.2, 0.25) is 0 Å². The Kier molecular flexibility index (Phi) is 3.29. The van der Waals surface area contributed by atoms with E-state index in [4.69, 9.17) is 5.73 Å². The number of benzene rings is 1. The van der Waals surface area contributed by atoms with Crippen LogP contribution in [0.15, 0.2) is 18.2 Å². The SMILES string of the molecule is Cc1cc(N)cc(NCC2(N(C)C)CCC2)c1. The van der Waals surface area contributed by atoms with Crippen LogP contribution in [0.5, 0.6) is 0 Å². The van der Waals surface area contributed by atoms with Gasteiger partial charge < -0.3 is 16.0 Å². The minimum absolute atomic E-state index is 0.346. The lowest BCUT2D eigenvalue weighted by Gasteiger charge is -2.47. The summed E-state index contributed by atoms with van der Waals surface area (Å²) >= 11 is 0. The molecule has 0 bridgehead atoms. The maximum Gasteiger partial charge on any atom is 0.0375 e. The Morgan fingerprint density at radius 3 is 2.47 bits per heavy atom. The molecule has 0 saturated heterocycles. The highest BCUT2D eigenvalue weighted by Crippen LogP contribution is 2.36. The molecular formula is C14H23N3. The van der Waals surface area contributed by atoms with Crippen molar-refractivity contribution in [2.24, 2.45) is 0 Å². The third-order valence-corrected chi connectivity index (χ3v) is 3.95. The van der Waals surface area contributed by atoms with Gasteiger partial charge in [-0.2, -0.15) is 0 Å². The number of hydrogen-bond donors (Lipinski definition) is 2. The number of rotatable bonds is 4. The van der Waals surface area contributed by atoms with Crippen LogP contribution in [0.3, 0.4) is 0 Å². The second kappa shape index (κ2) is 4.57. The normalized spacial score (nSPS) is 17.9. The Hall–Kier alpha value is -1.22. The van der Waals surface area contributed by atoms with Crippen LogP contribution in [0.4, 0.5) is 11.4 Å². The smallest absolute Gasteiger partial charge is 0.0375 e. The molecule has 0 heterocycles. The first-order chi connectivity index (χ1) is 8.02. The molecule has 17 heavy (non-hydrogen) atoms. The van der Waals surface area contributed by atoms with Crippen molar-refractivity contribution in [2.45, 2.75) is 31.7 Å². The highest BCUT2D eigenvalue weighted by molar-refractivity contribution is 5.57. The second-order valence-corrected chi connectivity index (χ2v) is 5.46. The molecule has 1 fully saturated rings. The third kappa shape index (κ3) is 2.55. The third-order valence-electron chi connectivity index (χ3n) is 3.95. The monoisotopic (exact) mass is 233 g/mol. The average molecular weight is 233 g/mol. The zero-order chi connectivity index (χ0) is 12.5. The largest absolute Gasteiger partial charge is 0.399 e. The highest BCUT2D eigenvalue weighted by atomic mass is 15.2. The van der Waals surface area contributed by atoms with Crippen molar-refractivity contribution in [3.63, 3.8) is 0 Å². The molecule has 0 aromatic heterocycles. The Morgan fingerprint density at radius 1 is 1.29 bits per heavy atom. The second-order valence-electron chi connectivity index (χ2n) is 5.46. The summed E-state index contributed by atoms with van der Waals surface area (Å²) < 4.78 is 0. The first-order valence-corrected chi connectivity index (χ1v) is 6.30. The minimum Gasteiger partial charge on any atom is -0.399 e. The van der Waals surface area contributed by atoms with Gasteiger partial charge in [-0.3, -0.25) is 0 Å². The summed E-state index contributed by atoms with van der Waals surface area (Å²) in [5, 5.41) is 3.53. The van der Waals surface area contributed by atoms with E-state index in [1.165, 1.54) is 24.8 Å². The molecule has 1 aromatic carbocycles. The molecule has 3 N–H and O–H groups in total. The molecule has 3 heteroatoms. The molecule has 0 spiro atoms. The van der Waals surface area contributed by atoms with Crippen LogP contribution in [0.1, 0.15) is 24.8 Å². The number of nitrogens with two attached hydrogens (primary N) is 1. The van der Waals surface area contributed by atoms with Crippen LogP contribution in [0.25, 0.3) is 0 Å². The van der Waals surface area contributed by atoms with E-state index < -0.39 is 0 Å². The van der Waals surface area contributed by atoms with Gasteiger partial charge >= 0.3 is 0 Å². The van der Waals surface area contributed by atoms with Gasteiger partial charge in [-0.1, -0.05) is 0 Å². The van der Waals surface area contributed by atoms with Crippen LogP contribution in [-0.2, 0) is 0 Å². The summed E-state index contributed by atoms with van der Waals surface area (Å²) in [6.07, 6.45) is 3.92. The van der Waals surface area contributed by atoms with Crippen molar-refractivity contribution < 1.29 is 0 Å². The van der Waals surface area contributed by atoms with Crippen LogP contribution in [0, 0.1) is 6.92 Å². The summed E-state index contributed by atoms with van der Waals surface area (Å²) in [6.45, 7) is 3.08. The number of hydrogen-bond acceptors (Lipinski definition) is 3. The summed E-state index contributed by atoms with van der Waals surface area (Å²) in [5.74, 6) is 0. The molecule has 0 atom stereocenters. The number of nitrogens with one attached hydrogen (secondary N) is 1. The fraction of sp³-hybridized carbons (Fsp3) is 0.571. The molecule has 0 unspecified atom stereocenters. The molecule has 0 amide bonds. The van der Waals surface area contributed by atoms with Crippen molar-refractivity contribution in [2.75, 3.05) is 31.7 Å². The molecule has 0 aliphatic heterocycles. The zero-order valence-corrected chi connectivity index (χ0v) is 11.1. The lowest BCUT2D eigenvalue weighted by molar-refractivity contribution is 0.0739. The predicted octanol–water partition coefficient (Wildman–Crippen LogP) is 2.47. The van der Waals surface area contributed by atoms with Gasteiger partial charge in [0, 0.05) is 23.5 Å². The molecule has 1 aromatic rings. The van der Waals surface area contributed by atoms with E-state index in [1.54, 1.807) is 0 Å². The number of likely N-dealkylation sites (N-methyl/N-ethyl adjacent to an activating group) is 1. The molecule has 94 valence electrons. The van der Waals surface area contributed by atoms with E-state index in [0.717, 1.165) is 17.9 Å². The number of nitrogen functional groups attached to an aromatic ring is 1. The first-order valence-electron chi connectivity index (χ1n) is 6.30. The average Bonchev–Trinajstić information content (AvgIpc) is 2.13. The highest BCUT2D eigenvalue weighted by Gasteiger charge is 2.38. The predicted molar refractivity (Wildman–Crippen MR) is 74.4 cm³/mol. The summed E-state index contributed by atoms with van der Waals surface area (Å²) in [6, 6.07) is 6.16. The van der Waals surface area contributed by atoms with Gasteiger partial charge in [0.05, 0.1) is 0 Å². The maximum atomic E-state index is 5.85. The first kappa shape index (κ1) is 12.2. The van der Waals surface area contributed by atoms with Gasteiger partial charge in [0.25, 0.3) is 0 Å². The van der Waals surface area contributed by atoms with Crippen molar-refractivity contribution >= 4 is 11.4 Å². The standard InChI is InChI=1S/C14H23N3/c1-11-7-12(15)9-13(8-11)16-10-14(17(2)3)5-4-6-14/h7-9,16H,4-6,10,15H2,1-3H3. The lowest BCUT2D eigenvalue weighted by atomic mass is 9.75. The van der Waals surface area contributed by atoms with Gasteiger partial charge in [-0.05, 0) is 64.0 Å². The van der Waals surface area contributed by atoms with E-state index in [0.29, 0.717) is 5.54 Å². The van der Waals surface area contributed by atoms with Gasteiger partial charge in [-0.15, -0.1) is 0 Å². The van der Waals surface area contributed by atoms with Gasteiger partial charge in [-0.25, -0.2) is 0 Å². The Bertz CT molecular complexity index is 374. The number of nitrogens with zero attached hydrogens (tertiary/aromatic N) is 1. The van der Waals surface area contributed by atoms with Gasteiger partial charge in [0.2, 0.25) is 0 Å². The molecule has 2 rings (SSSR count). The van der Waals surface area contributed by atoms with Crippen molar-refractivity contribution in [1.29, 1.82) is 0 Å². The van der Waals surface area contributed by atoms with Gasteiger partial charge in [0.1, 0.15) is 0 Å². The van der Waals surface area contributed by atoms with E-state index in [1.807, 2.05) is 12.1 Å². The molecular weight excluding hydrogens is 210 g/mol. The Balaban J connectivity index is 2.02. The molecule has 3 nitrogen and oxygen atoms in total. The number of aryl methyl sites for hydroxylation is 1. The van der Waals surface area contributed by atoms with Crippen molar-refractivity contribution in [3.8, 4) is 0 Å². The van der Waals surface area contributed by atoms with Crippen LogP contribution in [-0.4, -0.2) is 31.1 Å².